The normalized spacial score (nSPS) is 15.0. The molecule has 0 unspecified atom stereocenters. The Bertz CT molecular complexity index is 476. The smallest absolute Gasteiger partial charge is 0.224 e. The van der Waals surface area contributed by atoms with Crippen LogP contribution in [0.4, 0.5) is 11.4 Å². The van der Waals surface area contributed by atoms with E-state index in [4.69, 9.17) is 16.3 Å². The molecule has 5 nitrogen and oxygen atoms in total. The molecule has 1 aliphatic heterocycles. The molecule has 1 aliphatic rings. The summed E-state index contributed by atoms with van der Waals surface area (Å²) in [7, 11) is 1.88. The summed E-state index contributed by atoms with van der Waals surface area (Å²) in [5, 5.41) is 6.67. The third-order valence-corrected chi connectivity index (χ3v) is 3.72. The average molecular weight is 312 g/mol. The van der Waals surface area contributed by atoms with Crippen molar-refractivity contribution in [2.75, 3.05) is 50.1 Å². The Labute approximate surface area is 130 Å². The number of nitrogens with one attached hydrogen (secondary N) is 2. The molecule has 0 aliphatic carbocycles. The second-order valence-electron chi connectivity index (χ2n) is 4.99. The average Bonchev–Trinajstić information content (AvgIpc) is 2.48. The van der Waals surface area contributed by atoms with E-state index in [9.17, 15) is 4.79 Å². The van der Waals surface area contributed by atoms with Crippen molar-refractivity contribution in [3.8, 4) is 0 Å². The van der Waals surface area contributed by atoms with Crippen LogP contribution in [-0.2, 0) is 9.53 Å². The van der Waals surface area contributed by atoms with E-state index in [1.54, 1.807) is 0 Å². The quantitative estimate of drug-likeness (QED) is 0.790. The molecule has 6 heteroatoms. The number of hydrogen-bond donors (Lipinski definition) is 2. The number of carbonyl (C=O) groups excluding carboxylic acids is 1. The first kappa shape index (κ1) is 16.1. The fourth-order valence-corrected chi connectivity index (χ4v) is 2.66. The van der Waals surface area contributed by atoms with Gasteiger partial charge >= 0.3 is 0 Å². The SMILES string of the molecule is CNCCCC(=O)Nc1cccc(Cl)c1N1CCOCC1. The van der Waals surface area contributed by atoms with Gasteiger partial charge in [-0.05, 0) is 32.1 Å². The van der Waals surface area contributed by atoms with Crippen molar-refractivity contribution in [3.63, 3.8) is 0 Å². The zero-order chi connectivity index (χ0) is 15.1. The zero-order valence-corrected chi connectivity index (χ0v) is 13.1. The maximum atomic E-state index is 12.0. The molecule has 1 aromatic rings. The highest BCUT2D eigenvalue weighted by Crippen LogP contribution is 2.34. The number of benzene rings is 1. The van der Waals surface area contributed by atoms with Crippen LogP contribution in [0.2, 0.25) is 5.02 Å². The number of hydrogen-bond acceptors (Lipinski definition) is 4. The van der Waals surface area contributed by atoms with Gasteiger partial charge in [0.25, 0.3) is 0 Å². The molecule has 2 N–H and O–H groups in total. The first-order valence-electron chi connectivity index (χ1n) is 7.28. The lowest BCUT2D eigenvalue weighted by Crippen LogP contribution is -2.37. The third-order valence-electron chi connectivity index (χ3n) is 3.42. The molecule has 0 radical (unpaired) electrons. The second-order valence-corrected chi connectivity index (χ2v) is 5.40. The molecule has 0 spiro atoms. The fraction of sp³-hybridized carbons (Fsp3) is 0.533. The maximum Gasteiger partial charge on any atom is 0.224 e. The lowest BCUT2D eigenvalue weighted by atomic mass is 10.2. The van der Waals surface area contributed by atoms with Crippen LogP contribution in [0.5, 0.6) is 0 Å². The number of rotatable bonds is 6. The first-order valence-corrected chi connectivity index (χ1v) is 7.66. The summed E-state index contributed by atoms with van der Waals surface area (Å²) in [6.07, 6.45) is 1.31. The second kappa shape index (κ2) is 8.22. The predicted octanol–water partition coefficient (Wildman–Crippen LogP) is 2.11. The molecule has 1 heterocycles. The molecule has 0 saturated carbocycles. The van der Waals surface area contributed by atoms with E-state index in [1.165, 1.54) is 0 Å². The maximum absolute atomic E-state index is 12.0. The van der Waals surface area contributed by atoms with Gasteiger partial charge in [0.15, 0.2) is 0 Å². The summed E-state index contributed by atoms with van der Waals surface area (Å²) < 4.78 is 5.37. The molecular formula is C15H22ClN3O2. The number of nitrogens with zero attached hydrogens (tertiary/aromatic N) is 1. The number of amides is 1. The minimum atomic E-state index is 0.0158. The van der Waals surface area contributed by atoms with Crippen LogP contribution >= 0.6 is 11.6 Å². The molecule has 116 valence electrons. The molecule has 1 fully saturated rings. The minimum absolute atomic E-state index is 0.0158. The molecule has 1 saturated heterocycles. The largest absolute Gasteiger partial charge is 0.378 e. The highest BCUT2D eigenvalue weighted by Gasteiger charge is 2.18. The van der Waals surface area contributed by atoms with Gasteiger partial charge in [0.2, 0.25) is 5.91 Å². The predicted molar refractivity (Wildman–Crippen MR) is 86.3 cm³/mol. The van der Waals surface area contributed by atoms with Crippen LogP contribution in [0.3, 0.4) is 0 Å². The van der Waals surface area contributed by atoms with Gasteiger partial charge in [-0.15, -0.1) is 0 Å². The summed E-state index contributed by atoms with van der Waals surface area (Å²) >= 11 is 6.33. The van der Waals surface area contributed by atoms with Crippen LogP contribution in [0.15, 0.2) is 18.2 Å². The monoisotopic (exact) mass is 311 g/mol. The van der Waals surface area contributed by atoms with Crippen molar-refractivity contribution in [1.82, 2.24) is 5.32 Å². The van der Waals surface area contributed by atoms with Crippen molar-refractivity contribution in [1.29, 1.82) is 0 Å². The molecule has 21 heavy (non-hydrogen) atoms. The fourth-order valence-electron chi connectivity index (χ4n) is 2.36. The van der Waals surface area contributed by atoms with Crippen LogP contribution < -0.4 is 15.5 Å². The number of carbonyl (C=O) groups is 1. The van der Waals surface area contributed by atoms with Gasteiger partial charge in [-0.25, -0.2) is 0 Å². The molecule has 0 bridgehead atoms. The van der Waals surface area contributed by atoms with Crippen LogP contribution in [-0.4, -0.2) is 45.8 Å². The highest BCUT2D eigenvalue weighted by molar-refractivity contribution is 6.34. The van der Waals surface area contributed by atoms with Crippen molar-refractivity contribution in [3.05, 3.63) is 23.2 Å². The topological polar surface area (TPSA) is 53.6 Å². The van der Waals surface area contributed by atoms with E-state index in [0.29, 0.717) is 24.7 Å². The highest BCUT2D eigenvalue weighted by atomic mass is 35.5. The molecule has 1 amide bonds. The van der Waals surface area contributed by atoms with Gasteiger partial charge < -0.3 is 20.3 Å². The minimum Gasteiger partial charge on any atom is -0.378 e. The summed E-state index contributed by atoms with van der Waals surface area (Å²) in [5.74, 6) is 0.0158. The Morgan fingerprint density at radius 3 is 2.86 bits per heavy atom. The Morgan fingerprint density at radius 1 is 1.38 bits per heavy atom. The van der Waals surface area contributed by atoms with Crippen molar-refractivity contribution in [2.45, 2.75) is 12.8 Å². The number of halogens is 1. The third kappa shape index (κ3) is 4.59. The van der Waals surface area contributed by atoms with Crippen molar-refractivity contribution >= 4 is 28.9 Å². The van der Waals surface area contributed by atoms with E-state index in [-0.39, 0.29) is 5.91 Å². The first-order chi connectivity index (χ1) is 10.2. The van der Waals surface area contributed by atoms with Gasteiger partial charge in [0.05, 0.1) is 29.6 Å². The standard InChI is InChI=1S/C15H22ClN3O2/c1-17-7-3-6-14(20)18-13-5-2-4-12(16)15(13)19-8-10-21-11-9-19/h2,4-5,17H,3,6-11H2,1H3,(H,18,20). The lowest BCUT2D eigenvalue weighted by molar-refractivity contribution is -0.116. The lowest BCUT2D eigenvalue weighted by Gasteiger charge is -2.31. The number of morpholine rings is 1. The van der Waals surface area contributed by atoms with Crippen molar-refractivity contribution < 1.29 is 9.53 Å². The van der Waals surface area contributed by atoms with Gasteiger partial charge in [0.1, 0.15) is 0 Å². The Balaban J connectivity index is 2.07. The van der Waals surface area contributed by atoms with Gasteiger partial charge in [0, 0.05) is 19.5 Å². The van der Waals surface area contributed by atoms with E-state index in [2.05, 4.69) is 15.5 Å². The van der Waals surface area contributed by atoms with Gasteiger partial charge in [-0.1, -0.05) is 17.7 Å². The Kier molecular flexibility index (Phi) is 6.29. The Morgan fingerprint density at radius 2 is 2.14 bits per heavy atom. The summed E-state index contributed by atoms with van der Waals surface area (Å²) in [6.45, 7) is 3.76. The van der Waals surface area contributed by atoms with Gasteiger partial charge in [-0.2, -0.15) is 0 Å². The number of ether oxygens (including phenoxy) is 1. The molecule has 0 aromatic heterocycles. The van der Waals surface area contributed by atoms with Crippen LogP contribution in [0.25, 0.3) is 0 Å². The number of anilines is 2. The van der Waals surface area contributed by atoms with E-state index < -0.39 is 0 Å². The van der Waals surface area contributed by atoms with E-state index in [1.807, 2.05) is 25.2 Å². The Hall–Kier alpha value is -1.30. The van der Waals surface area contributed by atoms with Crippen LogP contribution in [0, 0.1) is 0 Å². The van der Waals surface area contributed by atoms with Crippen LogP contribution in [0.1, 0.15) is 12.8 Å². The van der Waals surface area contributed by atoms with E-state index >= 15 is 0 Å². The molecular weight excluding hydrogens is 290 g/mol. The van der Waals surface area contributed by atoms with E-state index in [0.717, 1.165) is 37.4 Å². The summed E-state index contributed by atoms with van der Waals surface area (Å²) in [5.41, 5.74) is 1.67. The number of para-hydroxylation sites is 1. The summed E-state index contributed by atoms with van der Waals surface area (Å²) in [6, 6.07) is 5.60. The zero-order valence-electron chi connectivity index (χ0n) is 12.3. The molecule has 0 atom stereocenters. The summed E-state index contributed by atoms with van der Waals surface area (Å²) in [4.78, 5) is 14.2. The van der Waals surface area contributed by atoms with Gasteiger partial charge in [-0.3, -0.25) is 4.79 Å². The van der Waals surface area contributed by atoms with Crippen molar-refractivity contribution in [2.24, 2.45) is 0 Å². The molecule has 1 aromatic carbocycles. The molecule has 2 rings (SSSR count).